The second kappa shape index (κ2) is 5.77. The summed E-state index contributed by atoms with van der Waals surface area (Å²) in [4.78, 5) is 15.1. The molecule has 3 nitrogen and oxygen atoms in total. The first-order chi connectivity index (χ1) is 7.96. The third-order valence-corrected chi connectivity index (χ3v) is 2.10. The third-order valence-electron chi connectivity index (χ3n) is 2.10. The maximum Gasteiger partial charge on any atom is 0.417 e. The van der Waals surface area contributed by atoms with Crippen molar-refractivity contribution >= 4 is 5.78 Å². The zero-order chi connectivity index (χ0) is 12.9. The lowest BCUT2D eigenvalue weighted by Crippen LogP contribution is -2.14. The number of alkyl halides is 3. The number of aromatic nitrogens is 1. The number of pyridine rings is 1. The molecule has 0 bridgehead atoms. The van der Waals surface area contributed by atoms with E-state index in [4.69, 9.17) is 4.74 Å². The van der Waals surface area contributed by atoms with Gasteiger partial charge in [0.25, 0.3) is 0 Å². The van der Waals surface area contributed by atoms with Gasteiger partial charge in [-0.3, -0.25) is 9.78 Å². The number of carbonyl (C=O) groups is 1. The Kier molecular flexibility index (Phi) is 4.62. The summed E-state index contributed by atoms with van der Waals surface area (Å²) in [6.07, 6.45) is -2.67. The highest BCUT2D eigenvalue weighted by molar-refractivity contribution is 5.97. The molecule has 0 atom stereocenters. The Morgan fingerprint density at radius 2 is 2.18 bits per heavy atom. The quantitative estimate of drug-likeness (QED) is 0.593. The molecule has 0 fully saturated rings. The van der Waals surface area contributed by atoms with E-state index in [-0.39, 0.29) is 13.0 Å². The van der Waals surface area contributed by atoms with Gasteiger partial charge >= 0.3 is 6.18 Å². The van der Waals surface area contributed by atoms with E-state index in [1.54, 1.807) is 6.92 Å². The summed E-state index contributed by atoms with van der Waals surface area (Å²) >= 11 is 0. The molecule has 1 aromatic rings. The second-order valence-electron chi connectivity index (χ2n) is 3.29. The highest BCUT2D eigenvalue weighted by Gasteiger charge is 2.34. The molecule has 0 radical (unpaired) electrons. The molecule has 0 aliphatic carbocycles. The molecular formula is C11H12F3NO2. The highest BCUT2D eigenvalue weighted by Crippen LogP contribution is 2.31. The number of nitrogens with zero attached hydrogens (tertiary/aromatic N) is 1. The van der Waals surface area contributed by atoms with E-state index in [1.807, 2.05) is 0 Å². The zero-order valence-corrected chi connectivity index (χ0v) is 9.25. The van der Waals surface area contributed by atoms with Crippen molar-refractivity contribution in [3.8, 4) is 0 Å². The van der Waals surface area contributed by atoms with Crippen LogP contribution in [0.4, 0.5) is 13.2 Å². The Bertz CT molecular complexity index is 391. The lowest BCUT2D eigenvalue weighted by molar-refractivity contribution is -0.138. The predicted octanol–water partition coefficient (Wildman–Crippen LogP) is 2.71. The lowest BCUT2D eigenvalue weighted by Gasteiger charge is -2.11. The van der Waals surface area contributed by atoms with Crippen molar-refractivity contribution in [3.63, 3.8) is 0 Å². The van der Waals surface area contributed by atoms with E-state index < -0.39 is 23.1 Å². The number of rotatable bonds is 5. The molecule has 1 aromatic heterocycles. The van der Waals surface area contributed by atoms with Crippen LogP contribution in [0.3, 0.4) is 0 Å². The summed E-state index contributed by atoms with van der Waals surface area (Å²) in [6, 6.07) is 0.800. The Morgan fingerprint density at radius 3 is 2.76 bits per heavy atom. The third kappa shape index (κ3) is 3.81. The fourth-order valence-corrected chi connectivity index (χ4v) is 1.31. The monoisotopic (exact) mass is 247 g/mol. The average Bonchev–Trinajstić information content (AvgIpc) is 2.28. The van der Waals surface area contributed by atoms with Gasteiger partial charge in [-0.15, -0.1) is 0 Å². The van der Waals surface area contributed by atoms with Gasteiger partial charge in [-0.05, 0) is 13.0 Å². The topological polar surface area (TPSA) is 39.2 Å². The molecule has 0 spiro atoms. The molecule has 94 valence electrons. The van der Waals surface area contributed by atoms with E-state index >= 15 is 0 Å². The van der Waals surface area contributed by atoms with Crippen molar-refractivity contribution in [2.75, 3.05) is 13.2 Å². The van der Waals surface area contributed by atoms with Gasteiger partial charge in [0, 0.05) is 31.0 Å². The fourth-order valence-electron chi connectivity index (χ4n) is 1.31. The van der Waals surface area contributed by atoms with Crippen molar-refractivity contribution in [2.45, 2.75) is 19.5 Å². The van der Waals surface area contributed by atoms with E-state index in [1.165, 1.54) is 0 Å². The minimum absolute atomic E-state index is 0.0807. The summed E-state index contributed by atoms with van der Waals surface area (Å²) < 4.78 is 42.7. The van der Waals surface area contributed by atoms with Gasteiger partial charge in [-0.1, -0.05) is 0 Å². The fraction of sp³-hybridized carbons (Fsp3) is 0.455. The standard InChI is InChI=1S/C11H12F3NO2/c1-2-17-6-4-10(16)8-7-15-5-3-9(8)11(12,13)14/h3,5,7H,2,4,6H2,1H3. The van der Waals surface area contributed by atoms with Crippen molar-refractivity contribution in [1.29, 1.82) is 0 Å². The van der Waals surface area contributed by atoms with E-state index in [2.05, 4.69) is 4.98 Å². The van der Waals surface area contributed by atoms with Gasteiger partial charge in [0.05, 0.1) is 12.2 Å². The maximum absolute atomic E-state index is 12.6. The highest BCUT2D eigenvalue weighted by atomic mass is 19.4. The first kappa shape index (κ1) is 13.6. The minimum atomic E-state index is -4.54. The van der Waals surface area contributed by atoms with Gasteiger partial charge in [0.2, 0.25) is 0 Å². The molecule has 0 saturated carbocycles. The smallest absolute Gasteiger partial charge is 0.381 e. The Hall–Kier alpha value is -1.43. The van der Waals surface area contributed by atoms with Crippen LogP contribution in [0.15, 0.2) is 18.5 Å². The normalized spacial score (nSPS) is 11.5. The predicted molar refractivity (Wildman–Crippen MR) is 54.7 cm³/mol. The van der Waals surface area contributed by atoms with Crippen LogP contribution < -0.4 is 0 Å². The molecular weight excluding hydrogens is 235 g/mol. The molecule has 6 heteroatoms. The van der Waals surface area contributed by atoms with Gasteiger partial charge in [0.1, 0.15) is 0 Å². The Balaban J connectivity index is 2.86. The van der Waals surface area contributed by atoms with Crippen molar-refractivity contribution in [2.24, 2.45) is 0 Å². The van der Waals surface area contributed by atoms with Crippen molar-refractivity contribution in [3.05, 3.63) is 29.6 Å². The summed E-state index contributed by atoms with van der Waals surface area (Å²) in [5.74, 6) is -0.612. The van der Waals surface area contributed by atoms with Gasteiger partial charge in [-0.25, -0.2) is 0 Å². The zero-order valence-electron chi connectivity index (χ0n) is 9.25. The first-order valence-electron chi connectivity index (χ1n) is 5.09. The number of Topliss-reactive ketones (excluding diaryl/α,β-unsaturated/α-hetero) is 1. The molecule has 0 amide bonds. The molecule has 17 heavy (non-hydrogen) atoms. The van der Waals surface area contributed by atoms with Crippen LogP contribution in [0, 0.1) is 0 Å². The molecule has 0 saturated heterocycles. The van der Waals surface area contributed by atoms with Crippen LogP contribution in [-0.4, -0.2) is 24.0 Å². The van der Waals surface area contributed by atoms with Crippen LogP contribution in [0.2, 0.25) is 0 Å². The average molecular weight is 247 g/mol. The molecule has 1 rings (SSSR count). The van der Waals surface area contributed by atoms with Crippen LogP contribution in [0.5, 0.6) is 0 Å². The van der Waals surface area contributed by atoms with E-state index in [9.17, 15) is 18.0 Å². The number of carbonyl (C=O) groups excluding carboxylic acids is 1. The summed E-state index contributed by atoms with van der Waals surface area (Å²) in [5.41, 5.74) is -1.35. The second-order valence-corrected chi connectivity index (χ2v) is 3.29. The molecule has 0 aromatic carbocycles. The number of hydrogen-bond acceptors (Lipinski definition) is 3. The first-order valence-corrected chi connectivity index (χ1v) is 5.09. The summed E-state index contributed by atoms with van der Waals surface area (Å²) in [5, 5.41) is 0. The molecule has 0 unspecified atom stereocenters. The Morgan fingerprint density at radius 1 is 1.47 bits per heavy atom. The van der Waals surface area contributed by atoms with Gasteiger partial charge in [0.15, 0.2) is 5.78 Å². The molecule has 0 aliphatic heterocycles. The number of halogens is 3. The summed E-state index contributed by atoms with van der Waals surface area (Å²) in [7, 11) is 0. The van der Waals surface area contributed by atoms with Crippen molar-refractivity contribution in [1.82, 2.24) is 4.98 Å². The van der Waals surface area contributed by atoms with Crippen LogP contribution in [0.1, 0.15) is 29.3 Å². The maximum atomic E-state index is 12.6. The number of hydrogen-bond donors (Lipinski definition) is 0. The van der Waals surface area contributed by atoms with E-state index in [0.717, 1.165) is 18.5 Å². The van der Waals surface area contributed by atoms with Crippen molar-refractivity contribution < 1.29 is 22.7 Å². The number of ketones is 1. The van der Waals surface area contributed by atoms with E-state index in [0.29, 0.717) is 6.61 Å². The largest absolute Gasteiger partial charge is 0.417 e. The minimum Gasteiger partial charge on any atom is -0.381 e. The lowest BCUT2D eigenvalue weighted by atomic mass is 10.0. The SMILES string of the molecule is CCOCCC(=O)c1cnccc1C(F)(F)F. The van der Waals surface area contributed by atoms with Gasteiger partial charge in [-0.2, -0.15) is 13.2 Å². The number of ether oxygens (including phenoxy) is 1. The van der Waals surface area contributed by atoms with Crippen LogP contribution in [-0.2, 0) is 10.9 Å². The molecule has 1 heterocycles. The van der Waals surface area contributed by atoms with Crippen LogP contribution >= 0.6 is 0 Å². The molecule has 0 aliphatic rings. The summed E-state index contributed by atoms with van der Waals surface area (Å²) in [6.45, 7) is 2.28. The van der Waals surface area contributed by atoms with Crippen LogP contribution in [0.25, 0.3) is 0 Å². The van der Waals surface area contributed by atoms with Gasteiger partial charge < -0.3 is 4.74 Å². The molecule has 0 N–H and O–H groups in total. The Labute approximate surface area is 96.6 Å².